The molecule has 20 heavy (non-hydrogen) atoms. The van der Waals surface area contributed by atoms with Crippen LogP contribution in [0.2, 0.25) is 0 Å². The number of rotatable bonds is 3. The Labute approximate surface area is 118 Å². The van der Waals surface area contributed by atoms with Crippen molar-refractivity contribution in [1.29, 1.82) is 0 Å². The van der Waals surface area contributed by atoms with Crippen LogP contribution in [0.4, 0.5) is 5.69 Å². The monoisotopic (exact) mass is 269 g/mol. The van der Waals surface area contributed by atoms with Crippen molar-refractivity contribution >= 4 is 16.7 Å². The van der Waals surface area contributed by atoms with E-state index in [9.17, 15) is 0 Å². The number of hydrogen-bond donors (Lipinski definition) is 1. The Balaban J connectivity index is 2.33. The van der Waals surface area contributed by atoms with Gasteiger partial charge in [-0.1, -0.05) is 13.8 Å². The molecule has 0 aliphatic carbocycles. The van der Waals surface area contributed by atoms with Gasteiger partial charge in [-0.25, -0.2) is 4.98 Å². The molecule has 0 aliphatic heterocycles. The predicted molar refractivity (Wildman–Crippen MR) is 81.0 cm³/mol. The first-order chi connectivity index (χ1) is 9.63. The molecule has 3 rings (SSSR count). The fourth-order valence-electron chi connectivity index (χ4n) is 2.61. The second kappa shape index (κ2) is 4.67. The van der Waals surface area contributed by atoms with Gasteiger partial charge in [0.1, 0.15) is 5.82 Å². The quantitative estimate of drug-likeness (QED) is 0.743. The van der Waals surface area contributed by atoms with E-state index in [1.54, 1.807) is 0 Å². The maximum Gasteiger partial charge on any atom is 0.114 e. The number of aryl methyl sites for hydroxylation is 3. The number of nitrogens with two attached hydrogens (primary N) is 1. The number of benzene rings is 1. The summed E-state index contributed by atoms with van der Waals surface area (Å²) in [5, 5.41) is 4.53. The molecule has 0 fully saturated rings. The number of imidazole rings is 1. The van der Waals surface area contributed by atoms with Gasteiger partial charge in [-0.3, -0.25) is 9.25 Å². The number of fused-ring (bicyclic) bond motifs is 1. The molecule has 2 heterocycles. The third kappa shape index (κ3) is 1.86. The third-order valence-electron chi connectivity index (χ3n) is 3.52. The standard InChI is InChI=1S/C15H19N5/c1-4-11-14(9-19(3)18-11)20-13-7-6-10(16)8-12(13)17-15(20)5-2/h6-9H,4-5,16H2,1-3H3. The van der Waals surface area contributed by atoms with E-state index < -0.39 is 0 Å². The number of aromatic nitrogens is 4. The summed E-state index contributed by atoms with van der Waals surface area (Å²) in [7, 11) is 1.95. The minimum absolute atomic E-state index is 0.742. The fraction of sp³-hybridized carbons (Fsp3) is 0.333. The Kier molecular flexibility index (Phi) is 2.97. The molecule has 2 aromatic heterocycles. The van der Waals surface area contributed by atoms with Gasteiger partial charge in [0.25, 0.3) is 0 Å². The first kappa shape index (κ1) is 12.7. The van der Waals surface area contributed by atoms with Crippen LogP contribution in [-0.2, 0) is 19.9 Å². The molecule has 0 saturated carbocycles. The highest BCUT2D eigenvalue weighted by Gasteiger charge is 2.16. The van der Waals surface area contributed by atoms with Crippen molar-refractivity contribution in [1.82, 2.24) is 19.3 Å². The third-order valence-corrected chi connectivity index (χ3v) is 3.52. The van der Waals surface area contributed by atoms with E-state index >= 15 is 0 Å². The molecular formula is C15H19N5. The lowest BCUT2D eigenvalue weighted by Crippen LogP contribution is -2.01. The summed E-state index contributed by atoms with van der Waals surface area (Å²) in [5.74, 6) is 1.04. The molecule has 5 nitrogen and oxygen atoms in total. The molecule has 2 N–H and O–H groups in total. The molecule has 0 radical (unpaired) electrons. The van der Waals surface area contributed by atoms with E-state index in [-0.39, 0.29) is 0 Å². The molecule has 1 aromatic carbocycles. The molecule has 104 valence electrons. The Bertz CT molecular complexity index is 766. The predicted octanol–water partition coefficient (Wildman–Crippen LogP) is 2.47. The van der Waals surface area contributed by atoms with Crippen molar-refractivity contribution in [2.24, 2.45) is 7.05 Å². The summed E-state index contributed by atoms with van der Waals surface area (Å²) in [6.07, 6.45) is 3.82. The SMILES string of the molecule is CCc1nn(C)cc1-n1c(CC)nc2cc(N)ccc21. The van der Waals surface area contributed by atoms with Gasteiger partial charge in [0.05, 0.1) is 22.4 Å². The van der Waals surface area contributed by atoms with E-state index in [0.29, 0.717) is 0 Å². The van der Waals surface area contributed by atoms with Gasteiger partial charge in [0.2, 0.25) is 0 Å². The molecule has 3 aromatic rings. The zero-order chi connectivity index (χ0) is 14.3. The largest absolute Gasteiger partial charge is 0.399 e. The van der Waals surface area contributed by atoms with Gasteiger partial charge in [-0.15, -0.1) is 0 Å². The Morgan fingerprint density at radius 3 is 2.70 bits per heavy atom. The number of hydrogen-bond acceptors (Lipinski definition) is 3. The summed E-state index contributed by atoms with van der Waals surface area (Å²) >= 11 is 0. The molecule has 0 amide bonds. The Morgan fingerprint density at radius 1 is 1.20 bits per heavy atom. The highest BCUT2D eigenvalue weighted by atomic mass is 15.3. The smallest absolute Gasteiger partial charge is 0.114 e. The first-order valence-electron chi connectivity index (χ1n) is 6.93. The van der Waals surface area contributed by atoms with Crippen molar-refractivity contribution in [2.75, 3.05) is 5.73 Å². The number of nitrogen functional groups attached to an aromatic ring is 1. The van der Waals surface area contributed by atoms with Gasteiger partial charge in [0.15, 0.2) is 0 Å². The van der Waals surface area contributed by atoms with Crippen LogP contribution >= 0.6 is 0 Å². The molecule has 0 saturated heterocycles. The summed E-state index contributed by atoms with van der Waals surface area (Å²) in [4.78, 5) is 4.70. The van der Waals surface area contributed by atoms with Crippen molar-refractivity contribution in [3.63, 3.8) is 0 Å². The van der Waals surface area contributed by atoms with E-state index in [2.05, 4.69) is 29.7 Å². The highest BCUT2D eigenvalue weighted by Crippen LogP contribution is 2.25. The van der Waals surface area contributed by atoms with E-state index in [0.717, 1.165) is 46.8 Å². The molecule has 0 atom stereocenters. The normalized spacial score (nSPS) is 11.3. The molecule has 0 aliphatic rings. The lowest BCUT2D eigenvalue weighted by Gasteiger charge is -2.07. The van der Waals surface area contributed by atoms with Crippen LogP contribution in [0.1, 0.15) is 25.4 Å². The van der Waals surface area contributed by atoms with Crippen LogP contribution in [-0.4, -0.2) is 19.3 Å². The van der Waals surface area contributed by atoms with Crippen LogP contribution in [0.25, 0.3) is 16.7 Å². The summed E-state index contributed by atoms with van der Waals surface area (Å²) in [5.41, 5.74) is 10.8. The van der Waals surface area contributed by atoms with Crippen LogP contribution in [0.3, 0.4) is 0 Å². The zero-order valence-corrected chi connectivity index (χ0v) is 12.1. The topological polar surface area (TPSA) is 61.7 Å². The first-order valence-corrected chi connectivity index (χ1v) is 6.93. The van der Waals surface area contributed by atoms with E-state index in [4.69, 9.17) is 10.7 Å². The van der Waals surface area contributed by atoms with Crippen LogP contribution in [0, 0.1) is 0 Å². The average molecular weight is 269 g/mol. The summed E-state index contributed by atoms with van der Waals surface area (Å²) in [6, 6.07) is 5.87. The Morgan fingerprint density at radius 2 is 2.00 bits per heavy atom. The van der Waals surface area contributed by atoms with Crippen LogP contribution in [0.5, 0.6) is 0 Å². The second-order valence-corrected chi connectivity index (χ2v) is 4.95. The van der Waals surface area contributed by atoms with Gasteiger partial charge in [-0.05, 0) is 24.6 Å². The Hall–Kier alpha value is -2.30. The van der Waals surface area contributed by atoms with Crippen LogP contribution < -0.4 is 5.73 Å². The number of nitrogens with zero attached hydrogens (tertiary/aromatic N) is 4. The summed E-state index contributed by atoms with van der Waals surface area (Å²) in [6.45, 7) is 4.23. The number of anilines is 1. The fourth-order valence-corrected chi connectivity index (χ4v) is 2.61. The lowest BCUT2D eigenvalue weighted by molar-refractivity contribution is 0.746. The van der Waals surface area contributed by atoms with Crippen molar-refractivity contribution in [3.8, 4) is 5.69 Å². The van der Waals surface area contributed by atoms with Crippen LogP contribution in [0.15, 0.2) is 24.4 Å². The summed E-state index contributed by atoms with van der Waals surface area (Å²) < 4.78 is 4.05. The molecular weight excluding hydrogens is 250 g/mol. The van der Waals surface area contributed by atoms with Crippen molar-refractivity contribution < 1.29 is 0 Å². The molecule has 5 heteroatoms. The second-order valence-electron chi connectivity index (χ2n) is 4.95. The van der Waals surface area contributed by atoms with E-state index in [1.165, 1.54) is 0 Å². The van der Waals surface area contributed by atoms with Crippen molar-refractivity contribution in [3.05, 3.63) is 35.9 Å². The van der Waals surface area contributed by atoms with Gasteiger partial charge in [-0.2, -0.15) is 5.10 Å². The maximum absolute atomic E-state index is 5.86. The van der Waals surface area contributed by atoms with Crippen molar-refractivity contribution in [2.45, 2.75) is 26.7 Å². The minimum atomic E-state index is 0.742. The molecule has 0 spiro atoms. The lowest BCUT2D eigenvalue weighted by atomic mass is 10.2. The zero-order valence-electron chi connectivity index (χ0n) is 12.1. The minimum Gasteiger partial charge on any atom is -0.399 e. The molecule has 0 bridgehead atoms. The van der Waals surface area contributed by atoms with Gasteiger partial charge < -0.3 is 5.73 Å². The highest BCUT2D eigenvalue weighted by molar-refractivity contribution is 5.81. The van der Waals surface area contributed by atoms with Gasteiger partial charge in [0, 0.05) is 25.4 Å². The molecule has 0 unspecified atom stereocenters. The average Bonchev–Trinajstić information content (AvgIpc) is 2.97. The maximum atomic E-state index is 5.86. The van der Waals surface area contributed by atoms with Gasteiger partial charge >= 0.3 is 0 Å². The van der Waals surface area contributed by atoms with E-state index in [1.807, 2.05) is 29.9 Å².